The zero-order chi connectivity index (χ0) is 13.0. The highest BCUT2D eigenvalue weighted by Crippen LogP contribution is 2.25. The van der Waals surface area contributed by atoms with E-state index < -0.39 is 0 Å². The summed E-state index contributed by atoms with van der Waals surface area (Å²) >= 11 is 9.17. The van der Waals surface area contributed by atoms with Gasteiger partial charge in [0.05, 0.1) is 16.0 Å². The van der Waals surface area contributed by atoms with Gasteiger partial charge in [0.1, 0.15) is 5.82 Å². The second kappa shape index (κ2) is 6.21. The molecule has 1 N–H and O–H groups in total. The number of nitrogens with zero attached hydrogens (tertiary/aromatic N) is 2. The lowest BCUT2D eigenvalue weighted by Crippen LogP contribution is -2.38. The molecule has 0 aliphatic heterocycles. The minimum absolute atomic E-state index is 0.0360. The molecule has 0 fully saturated rings. The van der Waals surface area contributed by atoms with E-state index in [0.29, 0.717) is 10.8 Å². The Morgan fingerprint density at radius 1 is 1.65 bits per heavy atom. The largest absolute Gasteiger partial charge is 0.352 e. The van der Waals surface area contributed by atoms with Crippen LogP contribution in [-0.2, 0) is 4.79 Å². The van der Waals surface area contributed by atoms with Crippen molar-refractivity contribution in [2.24, 2.45) is 0 Å². The molecule has 0 bridgehead atoms. The summed E-state index contributed by atoms with van der Waals surface area (Å²) in [4.78, 5) is 17.5. The van der Waals surface area contributed by atoms with Crippen molar-refractivity contribution in [1.82, 2.24) is 10.3 Å². The fraction of sp³-hybridized carbons (Fsp3) is 0.455. The first-order valence-electron chi connectivity index (χ1n) is 5.21. The lowest BCUT2D eigenvalue weighted by molar-refractivity contribution is -0.120. The van der Waals surface area contributed by atoms with Crippen LogP contribution in [0.5, 0.6) is 0 Å². The van der Waals surface area contributed by atoms with Gasteiger partial charge in [0.2, 0.25) is 5.91 Å². The monoisotopic (exact) mass is 319 g/mol. The van der Waals surface area contributed by atoms with E-state index in [1.807, 2.05) is 13.8 Å². The molecule has 0 atom stereocenters. The first-order valence-corrected chi connectivity index (χ1v) is 6.38. The Kier molecular flexibility index (Phi) is 5.21. The zero-order valence-electron chi connectivity index (χ0n) is 10.00. The highest BCUT2D eigenvalue weighted by atomic mass is 79.9. The molecular weight excluding hydrogens is 305 g/mol. The molecule has 1 aromatic rings. The van der Waals surface area contributed by atoms with E-state index in [1.165, 1.54) is 0 Å². The summed E-state index contributed by atoms with van der Waals surface area (Å²) in [6.45, 7) is 4.11. The van der Waals surface area contributed by atoms with E-state index in [9.17, 15) is 4.79 Å². The Morgan fingerprint density at radius 3 is 2.82 bits per heavy atom. The number of likely N-dealkylation sites (N-methyl/N-ethyl adjacent to an activating group) is 1. The highest BCUT2D eigenvalue weighted by molar-refractivity contribution is 9.10. The van der Waals surface area contributed by atoms with Crippen molar-refractivity contribution in [3.05, 3.63) is 21.8 Å². The number of anilines is 1. The number of hydrogen-bond donors (Lipinski definition) is 1. The number of carbonyl (C=O) groups excluding carboxylic acids is 1. The van der Waals surface area contributed by atoms with Gasteiger partial charge in [-0.1, -0.05) is 11.6 Å². The SMILES string of the molecule is CC(C)NC(=O)CN(C)c1ncc(Cl)cc1Br. The van der Waals surface area contributed by atoms with Gasteiger partial charge in [0.15, 0.2) is 0 Å². The number of halogens is 2. The van der Waals surface area contributed by atoms with Crippen LogP contribution in [0.25, 0.3) is 0 Å². The van der Waals surface area contributed by atoms with Gasteiger partial charge in [-0.3, -0.25) is 4.79 Å². The van der Waals surface area contributed by atoms with E-state index in [4.69, 9.17) is 11.6 Å². The van der Waals surface area contributed by atoms with Gasteiger partial charge < -0.3 is 10.2 Å². The Balaban J connectivity index is 2.69. The molecule has 0 saturated heterocycles. The molecule has 1 heterocycles. The predicted molar refractivity (Wildman–Crippen MR) is 73.5 cm³/mol. The van der Waals surface area contributed by atoms with Crippen molar-refractivity contribution in [1.29, 1.82) is 0 Å². The maximum atomic E-state index is 11.6. The molecule has 0 unspecified atom stereocenters. The summed E-state index contributed by atoms with van der Waals surface area (Å²) in [6.07, 6.45) is 1.55. The number of nitrogens with one attached hydrogen (secondary N) is 1. The van der Waals surface area contributed by atoms with Crippen molar-refractivity contribution in [2.75, 3.05) is 18.5 Å². The first-order chi connectivity index (χ1) is 7.90. The molecule has 0 aromatic carbocycles. The zero-order valence-corrected chi connectivity index (χ0v) is 12.3. The van der Waals surface area contributed by atoms with E-state index >= 15 is 0 Å². The van der Waals surface area contributed by atoms with Gasteiger partial charge in [0.25, 0.3) is 0 Å². The van der Waals surface area contributed by atoms with Crippen molar-refractivity contribution < 1.29 is 4.79 Å². The summed E-state index contributed by atoms with van der Waals surface area (Å²) in [7, 11) is 1.81. The van der Waals surface area contributed by atoms with E-state index in [2.05, 4.69) is 26.2 Å². The molecule has 0 spiro atoms. The number of pyridine rings is 1. The first kappa shape index (κ1) is 14.3. The van der Waals surface area contributed by atoms with Crippen LogP contribution in [0.15, 0.2) is 16.7 Å². The van der Waals surface area contributed by atoms with Gasteiger partial charge in [-0.2, -0.15) is 0 Å². The summed E-state index contributed by atoms with van der Waals surface area (Å²) in [6, 6.07) is 1.89. The Hall–Kier alpha value is -0.810. The van der Waals surface area contributed by atoms with Gasteiger partial charge in [-0.05, 0) is 35.8 Å². The van der Waals surface area contributed by atoms with Gasteiger partial charge in [-0.25, -0.2) is 4.98 Å². The lowest BCUT2D eigenvalue weighted by Gasteiger charge is -2.19. The third kappa shape index (κ3) is 4.52. The maximum absolute atomic E-state index is 11.6. The third-order valence-electron chi connectivity index (χ3n) is 1.98. The van der Waals surface area contributed by atoms with Crippen LogP contribution in [0.1, 0.15) is 13.8 Å². The Labute approximate surface area is 114 Å². The van der Waals surface area contributed by atoms with Crippen LogP contribution in [-0.4, -0.2) is 30.5 Å². The quantitative estimate of drug-likeness (QED) is 0.927. The van der Waals surface area contributed by atoms with Crippen molar-refractivity contribution in [3.8, 4) is 0 Å². The minimum Gasteiger partial charge on any atom is -0.352 e. The lowest BCUT2D eigenvalue weighted by atomic mass is 10.3. The van der Waals surface area contributed by atoms with Crippen molar-refractivity contribution >= 4 is 39.3 Å². The molecule has 94 valence electrons. The smallest absolute Gasteiger partial charge is 0.239 e. The summed E-state index contributed by atoms with van der Waals surface area (Å²) < 4.78 is 0.768. The van der Waals surface area contributed by atoms with Crippen LogP contribution in [0.3, 0.4) is 0 Å². The van der Waals surface area contributed by atoms with Crippen molar-refractivity contribution in [2.45, 2.75) is 19.9 Å². The number of rotatable bonds is 4. The molecule has 0 saturated carbocycles. The van der Waals surface area contributed by atoms with E-state index in [0.717, 1.165) is 4.47 Å². The predicted octanol–water partition coefficient (Wildman–Crippen LogP) is 2.46. The molecule has 0 aliphatic rings. The number of hydrogen-bond acceptors (Lipinski definition) is 3. The van der Waals surface area contributed by atoms with Crippen LogP contribution >= 0.6 is 27.5 Å². The van der Waals surface area contributed by atoms with Gasteiger partial charge in [-0.15, -0.1) is 0 Å². The fourth-order valence-corrected chi connectivity index (χ4v) is 2.29. The van der Waals surface area contributed by atoms with Crippen LogP contribution in [0.4, 0.5) is 5.82 Å². The second-order valence-electron chi connectivity index (χ2n) is 4.04. The molecule has 4 nitrogen and oxygen atoms in total. The maximum Gasteiger partial charge on any atom is 0.239 e. The van der Waals surface area contributed by atoms with E-state index in [1.54, 1.807) is 24.2 Å². The molecular formula is C11H15BrClN3O. The second-order valence-corrected chi connectivity index (χ2v) is 5.33. The summed E-state index contributed by atoms with van der Waals surface area (Å²) in [5.74, 6) is 0.652. The number of carbonyl (C=O) groups is 1. The van der Waals surface area contributed by atoms with Crippen LogP contribution in [0.2, 0.25) is 5.02 Å². The highest BCUT2D eigenvalue weighted by Gasteiger charge is 2.12. The summed E-state index contributed by atoms with van der Waals surface area (Å²) in [5, 5.41) is 3.38. The van der Waals surface area contributed by atoms with Gasteiger partial charge >= 0.3 is 0 Å². The molecule has 0 aliphatic carbocycles. The van der Waals surface area contributed by atoms with Crippen molar-refractivity contribution in [3.63, 3.8) is 0 Å². The average molecular weight is 321 g/mol. The molecule has 0 radical (unpaired) electrons. The van der Waals surface area contributed by atoms with Crippen LogP contribution in [0, 0.1) is 0 Å². The molecule has 1 rings (SSSR count). The minimum atomic E-state index is -0.0360. The average Bonchev–Trinajstić information content (AvgIpc) is 2.15. The Bertz CT molecular complexity index is 412. The topological polar surface area (TPSA) is 45.2 Å². The molecule has 17 heavy (non-hydrogen) atoms. The standard InChI is InChI=1S/C11H15BrClN3O/c1-7(2)15-10(17)6-16(3)11-9(12)4-8(13)5-14-11/h4-5,7H,6H2,1-3H3,(H,15,17). The molecule has 1 amide bonds. The number of amides is 1. The fourth-order valence-electron chi connectivity index (χ4n) is 1.35. The van der Waals surface area contributed by atoms with E-state index in [-0.39, 0.29) is 18.5 Å². The third-order valence-corrected chi connectivity index (χ3v) is 2.77. The normalized spacial score (nSPS) is 10.5. The Morgan fingerprint density at radius 2 is 2.29 bits per heavy atom. The van der Waals surface area contributed by atoms with Crippen LogP contribution < -0.4 is 10.2 Å². The molecule has 6 heteroatoms. The molecule has 1 aromatic heterocycles. The number of aromatic nitrogens is 1. The summed E-state index contributed by atoms with van der Waals surface area (Å²) in [5.41, 5.74) is 0. The van der Waals surface area contributed by atoms with Gasteiger partial charge in [0, 0.05) is 19.3 Å².